The predicted octanol–water partition coefficient (Wildman–Crippen LogP) is 4.69. The van der Waals surface area contributed by atoms with Crippen LogP contribution in [0.5, 0.6) is 17.2 Å². The summed E-state index contributed by atoms with van der Waals surface area (Å²) in [5.74, 6) is 1.59. The molecule has 11 heteroatoms. The molecule has 0 bridgehead atoms. The van der Waals surface area contributed by atoms with Gasteiger partial charge in [-0.2, -0.15) is 0 Å². The Hall–Kier alpha value is -2.69. The number of nitrogens with one attached hydrogen (secondary N) is 2. The molecule has 0 aliphatic carbocycles. The van der Waals surface area contributed by atoms with Gasteiger partial charge < -0.3 is 24.8 Å². The Bertz CT molecular complexity index is 1030. The number of ether oxygens (including phenoxy) is 3. The zero-order valence-corrected chi connectivity index (χ0v) is 18.8. The van der Waals surface area contributed by atoms with Gasteiger partial charge in [0, 0.05) is 17.8 Å². The quantitative estimate of drug-likeness (QED) is 0.438. The summed E-state index contributed by atoms with van der Waals surface area (Å²) >= 11 is 8.77. The van der Waals surface area contributed by atoms with Crippen LogP contribution in [0.15, 0.2) is 40.7 Å². The highest BCUT2D eigenvalue weighted by atomic mass is 35.5. The molecule has 0 aliphatic heterocycles. The van der Waals surface area contributed by atoms with Crippen LogP contribution in [0.4, 0.5) is 16.5 Å². The molecule has 2 aromatic carbocycles. The smallest absolute Gasteiger partial charge is 0.234 e. The number of rotatable bonds is 9. The van der Waals surface area contributed by atoms with Crippen molar-refractivity contribution in [2.24, 2.45) is 0 Å². The minimum atomic E-state index is -0.225. The summed E-state index contributed by atoms with van der Waals surface area (Å²) in [5, 5.41) is 15.1. The van der Waals surface area contributed by atoms with Crippen LogP contribution in [0.25, 0.3) is 0 Å². The van der Waals surface area contributed by atoms with E-state index in [9.17, 15) is 4.79 Å². The third kappa shape index (κ3) is 5.68. The molecule has 1 aromatic heterocycles. The molecule has 1 amide bonds. The number of halogens is 1. The third-order valence-electron chi connectivity index (χ3n) is 3.80. The third-order valence-corrected chi connectivity index (χ3v) is 6.07. The average Bonchev–Trinajstić information content (AvgIpc) is 3.20. The molecular weight excluding hydrogens is 448 g/mol. The van der Waals surface area contributed by atoms with Gasteiger partial charge in [-0.25, -0.2) is 0 Å². The largest absolute Gasteiger partial charge is 0.497 e. The Balaban J connectivity index is 1.57. The van der Waals surface area contributed by atoms with Gasteiger partial charge in [0.15, 0.2) is 4.34 Å². The van der Waals surface area contributed by atoms with Crippen molar-refractivity contribution in [3.63, 3.8) is 0 Å². The summed E-state index contributed by atoms with van der Waals surface area (Å²) in [7, 11) is 4.62. The first-order valence-corrected chi connectivity index (χ1v) is 10.8. The lowest BCUT2D eigenvalue weighted by Crippen LogP contribution is -2.14. The highest BCUT2D eigenvalue weighted by Crippen LogP contribution is 2.36. The molecule has 0 fully saturated rings. The van der Waals surface area contributed by atoms with Crippen molar-refractivity contribution in [1.82, 2.24) is 10.2 Å². The number of thioether (sulfide) groups is 1. The molecule has 3 rings (SSSR count). The van der Waals surface area contributed by atoms with Crippen LogP contribution in [0, 0.1) is 0 Å². The summed E-state index contributed by atoms with van der Waals surface area (Å²) in [6.45, 7) is 0. The van der Waals surface area contributed by atoms with Crippen molar-refractivity contribution in [2.45, 2.75) is 4.34 Å². The second-order valence-corrected chi connectivity index (χ2v) is 8.36. The van der Waals surface area contributed by atoms with Crippen molar-refractivity contribution in [1.29, 1.82) is 0 Å². The normalized spacial score (nSPS) is 10.4. The molecule has 0 atom stereocenters. The molecule has 1 heterocycles. The zero-order valence-electron chi connectivity index (χ0n) is 16.4. The van der Waals surface area contributed by atoms with E-state index in [0.717, 1.165) is 11.4 Å². The second kappa shape index (κ2) is 10.4. The van der Waals surface area contributed by atoms with Crippen molar-refractivity contribution >= 4 is 57.1 Å². The van der Waals surface area contributed by atoms with Crippen molar-refractivity contribution in [3.8, 4) is 17.2 Å². The van der Waals surface area contributed by atoms with Gasteiger partial charge in [-0.05, 0) is 18.2 Å². The van der Waals surface area contributed by atoms with Crippen LogP contribution in [0.2, 0.25) is 5.02 Å². The Kier molecular flexibility index (Phi) is 7.61. The van der Waals surface area contributed by atoms with E-state index >= 15 is 0 Å². The summed E-state index contributed by atoms with van der Waals surface area (Å²) in [4.78, 5) is 12.4. The van der Waals surface area contributed by atoms with Gasteiger partial charge in [0.2, 0.25) is 11.0 Å². The Labute approximate surface area is 186 Å². The maximum Gasteiger partial charge on any atom is 0.234 e. The average molecular weight is 467 g/mol. The molecule has 0 aliphatic rings. The fourth-order valence-corrected chi connectivity index (χ4v) is 4.23. The van der Waals surface area contributed by atoms with Crippen molar-refractivity contribution in [3.05, 3.63) is 41.4 Å². The molecule has 2 N–H and O–H groups in total. The molecule has 30 heavy (non-hydrogen) atoms. The first-order valence-electron chi connectivity index (χ1n) is 8.61. The van der Waals surface area contributed by atoms with E-state index in [1.165, 1.54) is 37.3 Å². The van der Waals surface area contributed by atoms with E-state index in [-0.39, 0.29) is 11.7 Å². The standard InChI is InChI=1S/C19H19ClN4O4S2/c1-26-12-6-4-5-11(7-12)21-18-23-24-19(30-18)29-10-17(25)22-14-8-13(20)15(27-2)9-16(14)28-3/h4-9H,10H2,1-3H3,(H,21,23)(H,22,25). The van der Waals surface area contributed by atoms with E-state index in [4.69, 9.17) is 25.8 Å². The minimum Gasteiger partial charge on any atom is -0.497 e. The van der Waals surface area contributed by atoms with E-state index in [0.29, 0.717) is 31.7 Å². The van der Waals surface area contributed by atoms with Crippen LogP contribution in [0.3, 0.4) is 0 Å². The first-order chi connectivity index (χ1) is 14.5. The summed E-state index contributed by atoms with van der Waals surface area (Å²) in [6.07, 6.45) is 0. The van der Waals surface area contributed by atoms with Gasteiger partial charge in [-0.15, -0.1) is 10.2 Å². The summed E-state index contributed by atoms with van der Waals surface area (Å²) in [6, 6.07) is 10.7. The number of benzene rings is 2. The van der Waals surface area contributed by atoms with Gasteiger partial charge in [0.25, 0.3) is 0 Å². The van der Waals surface area contributed by atoms with Gasteiger partial charge in [0.05, 0.1) is 37.8 Å². The Morgan fingerprint density at radius 1 is 1.10 bits per heavy atom. The fourth-order valence-electron chi connectivity index (χ4n) is 2.41. The van der Waals surface area contributed by atoms with Crippen molar-refractivity contribution in [2.75, 3.05) is 37.7 Å². The fraction of sp³-hybridized carbons (Fsp3) is 0.211. The van der Waals surface area contributed by atoms with E-state index < -0.39 is 0 Å². The summed E-state index contributed by atoms with van der Waals surface area (Å²) in [5.41, 5.74) is 1.30. The zero-order chi connectivity index (χ0) is 21.5. The number of carbonyl (C=O) groups excluding carboxylic acids is 1. The molecule has 0 unspecified atom stereocenters. The van der Waals surface area contributed by atoms with E-state index in [2.05, 4.69) is 20.8 Å². The molecule has 158 valence electrons. The number of methoxy groups -OCH3 is 3. The summed E-state index contributed by atoms with van der Waals surface area (Å²) < 4.78 is 16.3. The van der Waals surface area contributed by atoms with Gasteiger partial charge in [-0.1, -0.05) is 40.8 Å². The maximum atomic E-state index is 12.4. The Morgan fingerprint density at radius 2 is 1.90 bits per heavy atom. The highest BCUT2D eigenvalue weighted by molar-refractivity contribution is 8.01. The van der Waals surface area contributed by atoms with Crippen LogP contribution >= 0.6 is 34.7 Å². The minimum absolute atomic E-state index is 0.153. The van der Waals surface area contributed by atoms with Crippen LogP contribution < -0.4 is 24.8 Å². The van der Waals surface area contributed by atoms with Crippen LogP contribution in [-0.4, -0.2) is 43.2 Å². The molecule has 8 nitrogen and oxygen atoms in total. The SMILES string of the molecule is COc1cccc(Nc2nnc(SCC(=O)Nc3cc(Cl)c(OC)cc3OC)s2)c1. The molecular formula is C19H19ClN4O4S2. The molecule has 3 aromatic rings. The number of hydrogen-bond donors (Lipinski definition) is 2. The van der Waals surface area contributed by atoms with Crippen molar-refractivity contribution < 1.29 is 19.0 Å². The number of nitrogens with zero attached hydrogens (tertiary/aromatic N) is 2. The predicted molar refractivity (Wildman–Crippen MR) is 120 cm³/mol. The number of hydrogen-bond acceptors (Lipinski definition) is 9. The molecule has 0 radical (unpaired) electrons. The monoisotopic (exact) mass is 466 g/mol. The lowest BCUT2D eigenvalue weighted by atomic mass is 10.2. The maximum absolute atomic E-state index is 12.4. The number of aromatic nitrogens is 2. The van der Waals surface area contributed by atoms with Crippen LogP contribution in [0.1, 0.15) is 0 Å². The lowest BCUT2D eigenvalue weighted by Gasteiger charge is -2.12. The lowest BCUT2D eigenvalue weighted by molar-refractivity contribution is -0.113. The Morgan fingerprint density at radius 3 is 2.63 bits per heavy atom. The van der Waals surface area contributed by atoms with Gasteiger partial charge in [-0.3, -0.25) is 4.79 Å². The molecule has 0 spiro atoms. The topological polar surface area (TPSA) is 94.6 Å². The number of amides is 1. The number of anilines is 3. The molecule has 0 saturated carbocycles. The van der Waals surface area contributed by atoms with Crippen LogP contribution in [-0.2, 0) is 4.79 Å². The van der Waals surface area contributed by atoms with E-state index in [1.54, 1.807) is 19.2 Å². The van der Waals surface area contributed by atoms with Gasteiger partial charge >= 0.3 is 0 Å². The molecule has 0 saturated heterocycles. The number of carbonyl (C=O) groups is 1. The first kappa shape index (κ1) is 22.0. The second-order valence-electron chi connectivity index (χ2n) is 5.75. The highest BCUT2D eigenvalue weighted by Gasteiger charge is 2.14. The van der Waals surface area contributed by atoms with E-state index in [1.807, 2.05) is 24.3 Å². The van der Waals surface area contributed by atoms with Gasteiger partial charge in [0.1, 0.15) is 17.2 Å².